The zero-order chi connectivity index (χ0) is 17.4. The first kappa shape index (κ1) is 17.4. The Hall–Kier alpha value is -2.93. The van der Waals surface area contributed by atoms with E-state index in [1.807, 2.05) is 0 Å². The fraction of sp³-hybridized carbons (Fsp3) is 0.235. The van der Waals surface area contributed by atoms with Gasteiger partial charge in [0, 0.05) is 25.8 Å². The van der Waals surface area contributed by atoms with Crippen molar-refractivity contribution in [1.29, 1.82) is 0 Å². The maximum atomic E-state index is 11.9. The van der Waals surface area contributed by atoms with Crippen LogP contribution in [-0.2, 0) is 4.74 Å². The zero-order valence-corrected chi connectivity index (χ0v) is 13.2. The van der Waals surface area contributed by atoms with Crippen molar-refractivity contribution in [3.8, 4) is 0 Å². The van der Waals surface area contributed by atoms with E-state index in [-0.39, 0.29) is 11.8 Å². The van der Waals surface area contributed by atoms with Gasteiger partial charge in [0.2, 0.25) is 0 Å². The molecule has 126 valence electrons. The smallest absolute Gasteiger partial charge is 0.401 e. The number of hydrogen-bond acceptors (Lipinski definition) is 5. The van der Waals surface area contributed by atoms with Crippen molar-refractivity contribution in [3.63, 3.8) is 0 Å². The number of carbonyl (C=O) groups is 1. The molecule has 0 unspecified atom stereocenters. The molecule has 0 atom stereocenters. The number of carbonyl (C=O) groups excluding carboxylic acids is 1. The van der Waals surface area contributed by atoms with Crippen LogP contribution in [0, 0.1) is 10.1 Å². The van der Waals surface area contributed by atoms with E-state index in [2.05, 4.69) is 5.32 Å². The molecule has 0 saturated carbocycles. The van der Waals surface area contributed by atoms with Gasteiger partial charge in [0.1, 0.15) is 10.7 Å². The van der Waals surface area contributed by atoms with Crippen LogP contribution in [-0.4, -0.2) is 31.1 Å². The second kappa shape index (κ2) is 8.64. The van der Waals surface area contributed by atoms with Gasteiger partial charge < -0.3 is 14.5 Å². The fourth-order valence-electron chi connectivity index (χ4n) is 1.97. The summed E-state index contributed by atoms with van der Waals surface area (Å²) < 4.78 is 9.95. The van der Waals surface area contributed by atoms with E-state index in [9.17, 15) is 14.9 Å². The summed E-state index contributed by atoms with van der Waals surface area (Å²) in [7, 11) is 1.62. The molecule has 1 N–H and O–H groups in total. The van der Waals surface area contributed by atoms with Crippen molar-refractivity contribution in [3.05, 3.63) is 63.4 Å². The van der Waals surface area contributed by atoms with Crippen LogP contribution >= 0.6 is 0 Å². The van der Waals surface area contributed by atoms with Crippen molar-refractivity contribution in [2.45, 2.75) is 6.42 Å². The Bertz CT molecular complexity index is 719. The largest absolute Gasteiger partial charge is 0.433 e. The van der Waals surface area contributed by atoms with Gasteiger partial charge in [0.15, 0.2) is 0 Å². The molecule has 0 radical (unpaired) electrons. The van der Waals surface area contributed by atoms with Gasteiger partial charge in [-0.3, -0.25) is 14.9 Å². The van der Waals surface area contributed by atoms with Gasteiger partial charge in [-0.2, -0.15) is 0 Å². The Morgan fingerprint density at radius 3 is 2.62 bits per heavy atom. The van der Waals surface area contributed by atoms with Gasteiger partial charge in [0.05, 0.1) is 6.07 Å². The molecule has 7 heteroatoms. The molecular weight excluding hydrogens is 312 g/mol. The molecule has 1 aromatic carbocycles. The fourth-order valence-corrected chi connectivity index (χ4v) is 1.97. The van der Waals surface area contributed by atoms with Crippen LogP contribution in [0.5, 0.6) is 0 Å². The zero-order valence-electron chi connectivity index (χ0n) is 13.2. The Morgan fingerprint density at radius 1 is 1.25 bits per heavy atom. The highest BCUT2D eigenvalue weighted by Crippen LogP contribution is 2.18. The van der Waals surface area contributed by atoms with Gasteiger partial charge in [-0.05, 0) is 36.3 Å². The highest BCUT2D eigenvalue weighted by atomic mass is 16.6. The van der Waals surface area contributed by atoms with E-state index >= 15 is 0 Å². The third-order valence-corrected chi connectivity index (χ3v) is 3.22. The summed E-state index contributed by atoms with van der Waals surface area (Å²) in [4.78, 5) is 21.9. The predicted octanol–water partition coefficient (Wildman–Crippen LogP) is 3.12. The molecule has 0 aliphatic heterocycles. The van der Waals surface area contributed by atoms with Crippen LogP contribution < -0.4 is 5.32 Å². The van der Waals surface area contributed by atoms with Gasteiger partial charge >= 0.3 is 5.88 Å². The van der Waals surface area contributed by atoms with Gasteiger partial charge in [-0.25, -0.2) is 0 Å². The molecule has 2 aromatic rings. The summed E-state index contributed by atoms with van der Waals surface area (Å²) in [6, 6.07) is 9.84. The number of furan rings is 1. The summed E-state index contributed by atoms with van der Waals surface area (Å²) in [5.74, 6) is -0.0416. The van der Waals surface area contributed by atoms with E-state index in [4.69, 9.17) is 9.15 Å². The predicted molar refractivity (Wildman–Crippen MR) is 89.6 cm³/mol. The Kier molecular flexibility index (Phi) is 6.27. The quantitative estimate of drug-likeness (QED) is 0.456. The number of methoxy groups -OCH3 is 1. The minimum absolute atomic E-state index is 0.136. The minimum Gasteiger partial charge on any atom is -0.401 e. The third-order valence-electron chi connectivity index (χ3n) is 3.22. The minimum atomic E-state index is -0.586. The van der Waals surface area contributed by atoms with Crippen LogP contribution in [0.25, 0.3) is 12.2 Å². The molecule has 0 aliphatic carbocycles. The Labute approximate surface area is 139 Å². The average molecular weight is 330 g/mol. The van der Waals surface area contributed by atoms with Crippen LogP contribution in [0.4, 0.5) is 5.88 Å². The monoisotopic (exact) mass is 330 g/mol. The van der Waals surface area contributed by atoms with E-state index < -0.39 is 4.92 Å². The molecule has 7 nitrogen and oxygen atoms in total. The molecule has 1 aromatic heterocycles. The first-order valence-electron chi connectivity index (χ1n) is 7.39. The van der Waals surface area contributed by atoms with Crippen LogP contribution in [0.1, 0.15) is 28.1 Å². The van der Waals surface area contributed by atoms with Crippen molar-refractivity contribution in [2.24, 2.45) is 0 Å². The number of amides is 1. The number of ether oxygens (including phenoxy) is 1. The van der Waals surface area contributed by atoms with E-state index in [1.165, 1.54) is 12.1 Å². The number of hydrogen-bond donors (Lipinski definition) is 1. The SMILES string of the molecule is COCCCNC(=O)c1ccc(/C=C/c2ccc([N+](=O)[O-])o2)cc1. The second-order valence-electron chi connectivity index (χ2n) is 4.99. The van der Waals surface area contributed by atoms with Crippen molar-refractivity contribution in [1.82, 2.24) is 5.32 Å². The van der Waals surface area contributed by atoms with Gasteiger partial charge in [-0.1, -0.05) is 18.2 Å². The van der Waals surface area contributed by atoms with Crippen molar-refractivity contribution < 1.29 is 18.9 Å². The lowest BCUT2D eigenvalue weighted by Crippen LogP contribution is -2.25. The molecule has 1 amide bonds. The highest BCUT2D eigenvalue weighted by molar-refractivity contribution is 5.94. The summed E-state index contributed by atoms with van der Waals surface area (Å²) in [5.41, 5.74) is 1.42. The summed E-state index contributed by atoms with van der Waals surface area (Å²) in [6.07, 6.45) is 4.15. The number of rotatable bonds is 8. The number of benzene rings is 1. The number of nitrogens with zero attached hydrogens (tertiary/aromatic N) is 1. The standard InChI is InChI=1S/C17H18N2O5/c1-23-12-2-11-18-17(20)14-6-3-13(4-7-14)5-8-15-9-10-16(24-15)19(21)22/h3-10H,2,11-12H2,1H3,(H,18,20)/b8-5+. The van der Waals surface area contributed by atoms with Crippen molar-refractivity contribution >= 4 is 23.9 Å². The number of nitro groups is 1. The first-order chi connectivity index (χ1) is 11.6. The summed E-state index contributed by atoms with van der Waals surface area (Å²) in [6.45, 7) is 1.17. The second-order valence-corrected chi connectivity index (χ2v) is 4.99. The van der Waals surface area contributed by atoms with Crippen LogP contribution in [0.3, 0.4) is 0 Å². The average Bonchev–Trinajstić information content (AvgIpc) is 3.06. The topological polar surface area (TPSA) is 94.6 Å². The maximum Gasteiger partial charge on any atom is 0.433 e. The Balaban J connectivity index is 1.92. The molecule has 0 fully saturated rings. The van der Waals surface area contributed by atoms with E-state index in [0.717, 1.165) is 12.0 Å². The van der Waals surface area contributed by atoms with Crippen molar-refractivity contribution in [2.75, 3.05) is 20.3 Å². The van der Waals surface area contributed by atoms with Crippen LogP contribution in [0.2, 0.25) is 0 Å². The van der Waals surface area contributed by atoms with E-state index in [1.54, 1.807) is 43.5 Å². The highest BCUT2D eigenvalue weighted by Gasteiger charge is 2.09. The van der Waals surface area contributed by atoms with E-state index in [0.29, 0.717) is 24.5 Å². The lowest BCUT2D eigenvalue weighted by atomic mass is 10.1. The normalized spacial score (nSPS) is 10.9. The molecule has 1 heterocycles. The molecule has 0 spiro atoms. The lowest BCUT2D eigenvalue weighted by molar-refractivity contribution is -0.402. The molecule has 0 aliphatic rings. The van der Waals surface area contributed by atoms with Gasteiger partial charge in [-0.15, -0.1) is 0 Å². The maximum absolute atomic E-state index is 11.9. The molecule has 0 bridgehead atoms. The lowest BCUT2D eigenvalue weighted by Gasteiger charge is -2.05. The third kappa shape index (κ3) is 5.06. The first-order valence-corrected chi connectivity index (χ1v) is 7.39. The molecule has 24 heavy (non-hydrogen) atoms. The van der Waals surface area contributed by atoms with Crippen LogP contribution in [0.15, 0.2) is 40.8 Å². The molecular formula is C17H18N2O5. The molecule has 0 saturated heterocycles. The molecule has 2 rings (SSSR count). The van der Waals surface area contributed by atoms with Gasteiger partial charge in [0.25, 0.3) is 5.91 Å². The summed E-state index contributed by atoms with van der Waals surface area (Å²) >= 11 is 0. The summed E-state index contributed by atoms with van der Waals surface area (Å²) in [5, 5.41) is 13.4. The number of nitrogens with one attached hydrogen (secondary N) is 1. The Morgan fingerprint density at radius 2 is 2.00 bits per heavy atom.